The molecule has 1 amide bonds. The van der Waals surface area contributed by atoms with E-state index in [1.807, 2.05) is 22.9 Å². The summed E-state index contributed by atoms with van der Waals surface area (Å²) >= 11 is 4.39. The van der Waals surface area contributed by atoms with Crippen LogP contribution in [-0.2, 0) is 11.2 Å². The van der Waals surface area contributed by atoms with E-state index >= 15 is 0 Å². The molecule has 0 radical (unpaired) electrons. The highest BCUT2D eigenvalue weighted by atomic mass is 32.2. The van der Waals surface area contributed by atoms with E-state index in [1.54, 1.807) is 0 Å². The first-order chi connectivity index (χ1) is 12.7. The smallest absolute Gasteiger partial charge is 0.226 e. The maximum atomic E-state index is 12.1. The quantitative estimate of drug-likeness (QED) is 0.372. The van der Waals surface area contributed by atoms with Crippen LogP contribution in [0.3, 0.4) is 0 Å². The molecule has 0 saturated heterocycles. The molecular formula is C19H22N2O2S3. The van der Waals surface area contributed by atoms with Crippen molar-refractivity contribution in [2.24, 2.45) is 0 Å². The van der Waals surface area contributed by atoms with Gasteiger partial charge in [0.1, 0.15) is 0 Å². The highest BCUT2D eigenvalue weighted by molar-refractivity contribution is 8.01. The number of carbonyl (C=O) groups excluding carboxylic acids is 2. The number of hydrogen-bond donors (Lipinski definition) is 1. The van der Waals surface area contributed by atoms with E-state index < -0.39 is 0 Å². The predicted molar refractivity (Wildman–Crippen MR) is 109 cm³/mol. The van der Waals surface area contributed by atoms with Crippen molar-refractivity contribution in [2.75, 3.05) is 12.3 Å². The zero-order valence-corrected chi connectivity index (χ0v) is 17.0. The third kappa shape index (κ3) is 6.07. The van der Waals surface area contributed by atoms with Gasteiger partial charge in [0, 0.05) is 11.9 Å². The Kier molecular flexibility index (Phi) is 7.46. The Balaban J connectivity index is 1.38. The first-order valence-corrected chi connectivity index (χ1v) is 11.5. The molecule has 4 nitrogen and oxygen atoms in total. The second kappa shape index (κ2) is 10.0. The topological polar surface area (TPSA) is 59.1 Å². The molecule has 0 unspecified atom stereocenters. The third-order valence-electron chi connectivity index (χ3n) is 4.15. The van der Waals surface area contributed by atoms with Crippen LogP contribution in [0.2, 0.25) is 0 Å². The molecule has 0 saturated carbocycles. The minimum absolute atomic E-state index is 0.0120. The summed E-state index contributed by atoms with van der Waals surface area (Å²) in [4.78, 5) is 29.3. The van der Waals surface area contributed by atoms with Gasteiger partial charge in [-0.15, -0.1) is 22.7 Å². The predicted octanol–water partition coefficient (Wildman–Crippen LogP) is 4.73. The number of allylic oxidation sites excluding steroid dienone is 1. The van der Waals surface area contributed by atoms with Crippen LogP contribution in [-0.4, -0.2) is 29.0 Å². The standard InChI is InChI=1S/C19H22N2O2S3/c22-16(17-7-4-10-24-17)13-26-19-21-15(12-25-19)11-18(23)20-9-8-14-5-2-1-3-6-14/h4-5,7,10,12H,1-3,6,8-9,11,13H2,(H,20,23). The molecule has 2 aromatic rings. The van der Waals surface area contributed by atoms with Gasteiger partial charge in [0.25, 0.3) is 0 Å². The lowest BCUT2D eigenvalue weighted by Crippen LogP contribution is -2.26. The number of thiophene rings is 1. The van der Waals surface area contributed by atoms with Gasteiger partial charge < -0.3 is 5.32 Å². The number of nitrogens with one attached hydrogen (secondary N) is 1. The number of Topliss-reactive ketones (excluding diaryl/α,β-unsaturated/α-hetero) is 1. The molecule has 2 heterocycles. The maximum absolute atomic E-state index is 12.1. The van der Waals surface area contributed by atoms with Gasteiger partial charge in [0.15, 0.2) is 10.1 Å². The van der Waals surface area contributed by atoms with E-state index in [2.05, 4.69) is 16.4 Å². The molecule has 0 aromatic carbocycles. The van der Waals surface area contributed by atoms with Gasteiger partial charge in [-0.05, 0) is 43.6 Å². The largest absolute Gasteiger partial charge is 0.355 e. The molecule has 1 aliphatic carbocycles. The Bertz CT molecular complexity index is 766. The normalized spacial score (nSPS) is 14.1. The van der Waals surface area contributed by atoms with Crippen molar-refractivity contribution in [2.45, 2.75) is 42.9 Å². The molecule has 138 valence electrons. The van der Waals surface area contributed by atoms with Crippen LogP contribution in [0.4, 0.5) is 0 Å². The Morgan fingerprint density at radius 2 is 2.19 bits per heavy atom. The Morgan fingerprint density at radius 1 is 1.27 bits per heavy atom. The second-order valence-corrected chi connectivity index (χ2v) is 9.21. The number of amides is 1. The van der Waals surface area contributed by atoms with Crippen LogP contribution in [0.5, 0.6) is 0 Å². The van der Waals surface area contributed by atoms with Gasteiger partial charge in [-0.25, -0.2) is 4.98 Å². The van der Waals surface area contributed by atoms with E-state index in [0.717, 1.165) is 21.3 Å². The highest BCUT2D eigenvalue weighted by Crippen LogP contribution is 2.24. The number of thiazole rings is 1. The average molecular weight is 407 g/mol. The zero-order valence-electron chi connectivity index (χ0n) is 14.5. The minimum Gasteiger partial charge on any atom is -0.355 e. The Labute approximate surface area is 166 Å². The molecule has 0 bridgehead atoms. The first kappa shape index (κ1) is 19.3. The number of hydrogen-bond acceptors (Lipinski definition) is 6. The lowest BCUT2D eigenvalue weighted by atomic mass is 9.97. The van der Waals surface area contributed by atoms with Gasteiger partial charge >= 0.3 is 0 Å². The van der Waals surface area contributed by atoms with Crippen LogP contribution in [0, 0.1) is 0 Å². The number of aromatic nitrogens is 1. The molecule has 0 spiro atoms. The number of ketones is 1. The fraction of sp³-hybridized carbons (Fsp3) is 0.421. The van der Waals surface area contributed by atoms with Crippen molar-refractivity contribution in [1.82, 2.24) is 10.3 Å². The van der Waals surface area contributed by atoms with Gasteiger partial charge in [-0.1, -0.05) is 29.5 Å². The fourth-order valence-electron chi connectivity index (χ4n) is 2.79. The second-order valence-electron chi connectivity index (χ2n) is 6.18. The number of nitrogens with zero attached hydrogens (tertiary/aromatic N) is 1. The van der Waals surface area contributed by atoms with Crippen LogP contribution in [0.25, 0.3) is 0 Å². The molecule has 1 N–H and O–H groups in total. The van der Waals surface area contributed by atoms with Crippen molar-refractivity contribution in [3.63, 3.8) is 0 Å². The van der Waals surface area contributed by atoms with Crippen LogP contribution in [0.1, 0.15) is 47.5 Å². The molecule has 7 heteroatoms. The van der Waals surface area contributed by atoms with Gasteiger partial charge in [0.05, 0.1) is 22.7 Å². The molecular weight excluding hydrogens is 384 g/mol. The van der Waals surface area contributed by atoms with E-state index in [1.165, 1.54) is 65.7 Å². The summed E-state index contributed by atoms with van der Waals surface area (Å²) in [6, 6.07) is 3.72. The summed E-state index contributed by atoms with van der Waals surface area (Å²) in [7, 11) is 0. The van der Waals surface area contributed by atoms with Crippen molar-refractivity contribution < 1.29 is 9.59 Å². The van der Waals surface area contributed by atoms with Crippen LogP contribution >= 0.6 is 34.4 Å². The van der Waals surface area contributed by atoms with E-state index in [4.69, 9.17) is 0 Å². The molecule has 0 aliphatic heterocycles. The van der Waals surface area contributed by atoms with Crippen molar-refractivity contribution in [3.05, 3.63) is 45.1 Å². The maximum Gasteiger partial charge on any atom is 0.226 e. The highest BCUT2D eigenvalue weighted by Gasteiger charge is 2.12. The average Bonchev–Trinajstić information content (AvgIpc) is 3.33. The number of thioether (sulfide) groups is 1. The van der Waals surface area contributed by atoms with Crippen molar-refractivity contribution in [1.29, 1.82) is 0 Å². The van der Waals surface area contributed by atoms with Crippen molar-refractivity contribution in [3.8, 4) is 0 Å². The first-order valence-electron chi connectivity index (χ1n) is 8.79. The monoisotopic (exact) mass is 406 g/mol. The van der Waals surface area contributed by atoms with Crippen molar-refractivity contribution >= 4 is 46.1 Å². The van der Waals surface area contributed by atoms with Gasteiger partial charge in [-0.3, -0.25) is 9.59 Å². The minimum atomic E-state index is 0.0120. The Hall–Kier alpha value is -1.44. The summed E-state index contributed by atoms with van der Waals surface area (Å²) in [5, 5.41) is 6.79. The van der Waals surface area contributed by atoms with E-state index in [-0.39, 0.29) is 11.7 Å². The molecule has 0 atom stereocenters. The molecule has 0 fully saturated rings. The summed E-state index contributed by atoms with van der Waals surface area (Å²) in [6.07, 6.45) is 8.48. The Morgan fingerprint density at radius 3 is 2.96 bits per heavy atom. The van der Waals surface area contributed by atoms with Crippen LogP contribution < -0.4 is 5.32 Å². The molecule has 3 rings (SSSR count). The fourth-order valence-corrected chi connectivity index (χ4v) is 5.28. The lowest BCUT2D eigenvalue weighted by molar-refractivity contribution is -0.120. The van der Waals surface area contributed by atoms with Crippen LogP contribution in [0.15, 0.2) is 38.9 Å². The summed E-state index contributed by atoms with van der Waals surface area (Å²) in [5.41, 5.74) is 2.25. The SMILES string of the molecule is O=C(Cc1csc(SCC(=O)c2cccs2)n1)NCCC1=CCCCC1. The van der Waals surface area contributed by atoms with Gasteiger partial charge in [0.2, 0.25) is 5.91 Å². The van der Waals surface area contributed by atoms with E-state index in [9.17, 15) is 9.59 Å². The van der Waals surface area contributed by atoms with Gasteiger partial charge in [-0.2, -0.15) is 0 Å². The summed E-state index contributed by atoms with van der Waals surface area (Å²) in [6.45, 7) is 0.700. The summed E-state index contributed by atoms with van der Waals surface area (Å²) < 4.78 is 0.838. The van der Waals surface area contributed by atoms with E-state index in [0.29, 0.717) is 18.7 Å². The third-order valence-corrected chi connectivity index (χ3v) is 7.13. The number of rotatable bonds is 9. The zero-order chi connectivity index (χ0) is 18.2. The summed E-state index contributed by atoms with van der Waals surface area (Å²) in [5.74, 6) is 0.517. The molecule has 2 aromatic heterocycles. The molecule has 26 heavy (non-hydrogen) atoms. The number of carbonyl (C=O) groups is 2. The molecule has 1 aliphatic rings. The lowest BCUT2D eigenvalue weighted by Gasteiger charge is -2.12.